The topological polar surface area (TPSA) is 48.7 Å². The number of benzene rings is 1. The van der Waals surface area contributed by atoms with Crippen LogP contribution in [0, 0.1) is 0 Å². The van der Waals surface area contributed by atoms with Crippen LogP contribution in [-0.4, -0.2) is 32.7 Å². The Bertz CT molecular complexity index is 1200. The van der Waals surface area contributed by atoms with Gasteiger partial charge in [0.25, 0.3) is 0 Å². The number of nitrogens with zero attached hydrogens (tertiary/aromatic N) is 3. The fourth-order valence-electron chi connectivity index (χ4n) is 3.74. The number of aromatic nitrogens is 3. The summed E-state index contributed by atoms with van der Waals surface area (Å²) >= 11 is 0. The van der Waals surface area contributed by atoms with E-state index in [-0.39, 0.29) is 11.2 Å². The Morgan fingerprint density at radius 2 is 1.63 bits per heavy atom. The summed E-state index contributed by atoms with van der Waals surface area (Å²) in [5.74, 6) is 0.865. The highest BCUT2D eigenvalue weighted by Gasteiger charge is 2.51. The lowest BCUT2D eigenvalue weighted by molar-refractivity contribution is 0.00578. The summed E-state index contributed by atoms with van der Waals surface area (Å²) in [6, 6.07) is 20.2. The van der Waals surface area contributed by atoms with E-state index in [1.54, 1.807) is 6.20 Å². The predicted octanol–water partition coefficient (Wildman–Crippen LogP) is 4.36. The molecule has 0 radical (unpaired) electrons. The molecule has 4 aromatic rings. The monoisotopic (exact) mass is 397 g/mol. The van der Waals surface area contributed by atoms with E-state index < -0.39 is 7.12 Å². The maximum Gasteiger partial charge on any atom is 0.494 e. The van der Waals surface area contributed by atoms with Crippen molar-refractivity contribution in [2.45, 2.75) is 38.9 Å². The van der Waals surface area contributed by atoms with E-state index in [4.69, 9.17) is 14.3 Å². The van der Waals surface area contributed by atoms with E-state index in [1.807, 2.05) is 48.7 Å². The molecule has 0 bridgehead atoms. The molecule has 1 aromatic carbocycles. The number of imidazole rings is 1. The lowest BCUT2D eigenvalue weighted by atomic mass is 9.78. The molecule has 1 aliphatic rings. The molecule has 6 heteroatoms. The molecule has 0 N–H and O–H groups in total. The maximum atomic E-state index is 6.24. The zero-order valence-corrected chi connectivity index (χ0v) is 17.7. The quantitative estimate of drug-likeness (QED) is 0.482. The summed E-state index contributed by atoms with van der Waals surface area (Å²) in [5.41, 5.74) is 3.98. The molecule has 5 rings (SSSR count). The van der Waals surface area contributed by atoms with Crippen molar-refractivity contribution in [3.8, 4) is 22.8 Å². The standard InChI is InChI=1S/C24H24BN3O2/c1-23(2)24(3,4)30-25(29-23)18-11-9-10-17(16-18)22-27-21(19-12-5-7-14-26-19)20-13-6-8-15-28(20)22/h5-16H,1-4H3. The van der Waals surface area contributed by atoms with Gasteiger partial charge in [0.2, 0.25) is 0 Å². The molecule has 0 spiro atoms. The van der Waals surface area contributed by atoms with Gasteiger partial charge in [0.05, 0.1) is 22.4 Å². The first-order valence-electron chi connectivity index (χ1n) is 10.2. The van der Waals surface area contributed by atoms with E-state index in [9.17, 15) is 0 Å². The van der Waals surface area contributed by atoms with Crippen molar-refractivity contribution in [1.82, 2.24) is 14.4 Å². The van der Waals surface area contributed by atoms with Gasteiger partial charge in [-0.2, -0.15) is 0 Å². The highest BCUT2D eigenvalue weighted by Crippen LogP contribution is 2.37. The predicted molar refractivity (Wildman–Crippen MR) is 120 cm³/mol. The minimum atomic E-state index is -0.406. The number of pyridine rings is 2. The second-order valence-corrected chi connectivity index (χ2v) is 8.67. The zero-order chi connectivity index (χ0) is 20.9. The second-order valence-electron chi connectivity index (χ2n) is 8.67. The number of hydrogen-bond donors (Lipinski definition) is 0. The molecule has 5 nitrogen and oxygen atoms in total. The fourth-order valence-corrected chi connectivity index (χ4v) is 3.74. The van der Waals surface area contributed by atoms with Crippen LogP contribution in [-0.2, 0) is 9.31 Å². The molecule has 4 heterocycles. The van der Waals surface area contributed by atoms with Gasteiger partial charge in [-0.3, -0.25) is 9.38 Å². The van der Waals surface area contributed by atoms with Crippen molar-refractivity contribution in [3.05, 3.63) is 73.1 Å². The van der Waals surface area contributed by atoms with Crippen molar-refractivity contribution in [1.29, 1.82) is 0 Å². The van der Waals surface area contributed by atoms with Crippen LogP contribution in [0.4, 0.5) is 0 Å². The van der Waals surface area contributed by atoms with Gasteiger partial charge in [-0.25, -0.2) is 4.98 Å². The van der Waals surface area contributed by atoms with E-state index in [1.165, 1.54) is 0 Å². The molecule has 1 aliphatic heterocycles. The maximum absolute atomic E-state index is 6.24. The Balaban J connectivity index is 1.60. The Hall–Kier alpha value is -2.96. The summed E-state index contributed by atoms with van der Waals surface area (Å²) in [6.07, 6.45) is 3.83. The summed E-state index contributed by atoms with van der Waals surface area (Å²) in [6.45, 7) is 8.27. The van der Waals surface area contributed by atoms with E-state index in [0.29, 0.717) is 0 Å². The van der Waals surface area contributed by atoms with E-state index >= 15 is 0 Å². The van der Waals surface area contributed by atoms with E-state index in [0.717, 1.165) is 33.8 Å². The Morgan fingerprint density at radius 1 is 0.867 bits per heavy atom. The van der Waals surface area contributed by atoms with Crippen LogP contribution in [0.15, 0.2) is 73.1 Å². The van der Waals surface area contributed by atoms with Crippen LogP contribution >= 0.6 is 0 Å². The first-order chi connectivity index (χ1) is 14.4. The van der Waals surface area contributed by atoms with Crippen molar-refractivity contribution in [2.75, 3.05) is 0 Å². The van der Waals surface area contributed by atoms with Gasteiger partial charge in [0, 0.05) is 18.0 Å². The van der Waals surface area contributed by atoms with Crippen LogP contribution in [0.1, 0.15) is 27.7 Å². The third-order valence-electron chi connectivity index (χ3n) is 6.13. The van der Waals surface area contributed by atoms with Crippen molar-refractivity contribution in [2.24, 2.45) is 0 Å². The molecule has 0 saturated carbocycles. The third-order valence-corrected chi connectivity index (χ3v) is 6.13. The van der Waals surface area contributed by atoms with Crippen LogP contribution in [0.5, 0.6) is 0 Å². The van der Waals surface area contributed by atoms with Gasteiger partial charge < -0.3 is 9.31 Å². The number of hydrogen-bond acceptors (Lipinski definition) is 4. The van der Waals surface area contributed by atoms with E-state index in [2.05, 4.69) is 55.3 Å². The minimum Gasteiger partial charge on any atom is -0.399 e. The smallest absolute Gasteiger partial charge is 0.399 e. The number of rotatable bonds is 3. The van der Waals surface area contributed by atoms with Crippen molar-refractivity contribution >= 4 is 18.1 Å². The molecule has 1 fully saturated rings. The summed E-state index contributed by atoms with van der Waals surface area (Å²) in [4.78, 5) is 9.48. The summed E-state index contributed by atoms with van der Waals surface area (Å²) in [5, 5.41) is 0. The molecule has 0 unspecified atom stereocenters. The van der Waals surface area contributed by atoms with Gasteiger partial charge in [0.15, 0.2) is 0 Å². The SMILES string of the molecule is CC1(C)OB(c2cccc(-c3nc(-c4ccccn4)c4ccccn34)c2)OC1(C)C. The molecular formula is C24H24BN3O2. The highest BCUT2D eigenvalue weighted by atomic mass is 16.7. The second kappa shape index (κ2) is 6.79. The lowest BCUT2D eigenvalue weighted by Gasteiger charge is -2.32. The largest absolute Gasteiger partial charge is 0.494 e. The molecular weight excluding hydrogens is 373 g/mol. The molecule has 0 atom stereocenters. The first-order valence-corrected chi connectivity index (χ1v) is 10.2. The van der Waals surface area contributed by atoms with Crippen molar-refractivity contribution < 1.29 is 9.31 Å². The first kappa shape index (κ1) is 19.0. The molecule has 0 amide bonds. The fraction of sp³-hybridized carbons (Fsp3) is 0.250. The van der Waals surface area contributed by atoms with Gasteiger partial charge in [-0.15, -0.1) is 0 Å². The zero-order valence-electron chi connectivity index (χ0n) is 17.7. The van der Waals surface area contributed by atoms with Gasteiger partial charge in [-0.1, -0.05) is 36.4 Å². The normalized spacial score (nSPS) is 17.5. The van der Waals surface area contributed by atoms with Crippen molar-refractivity contribution in [3.63, 3.8) is 0 Å². The van der Waals surface area contributed by atoms with Crippen LogP contribution in [0.2, 0.25) is 0 Å². The van der Waals surface area contributed by atoms with Crippen LogP contribution < -0.4 is 5.46 Å². The Labute approximate surface area is 176 Å². The lowest BCUT2D eigenvalue weighted by Crippen LogP contribution is -2.41. The van der Waals surface area contributed by atoms with Gasteiger partial charge >= 0.3 is 7.12 Å². The Kier molecular flexibility index (Phi) is 4.31. The summed E-state index contributed by atoms with van der Waals surface area (Å²) < 4.78 is 14.6. The third kappa shape index (κ3) is 3.04. The summed E-state index contributed by atoms with van der Waals surface area (Å²) in [7, 11) is -0.406. The molecule has 3 aromatic heterocycles. The molecule has 0 aliphatic carbocycles. The van der Waals surface area contributed by atoms with Crippen LogP contribution in [0.25, 0.3) is 28.3 Å². The van der Waals surface area contributed by atoms with Crippen LogP contribution in [0.3, 0.4) is 0 Å². The molecule has 1 saturated heterocycles. The molecule has 30 heavy (non-hydrogen) atoms. The average molecular weight is 397 g/mol. The van der Waals surface area contributed by atoms with Gasteiger partial charge in [-0.05, 0) is 57.4 Å². The minimum absolute atomic E-state index is 0.375. The Morgan fingerprint density at radius 3 is 2.37 bits per heavy atom. The number of fused-ring (bicyclic) bond motifs is 1. The molecule has 150 valence electrons. The average Bonchev–Trinajstić information content (AvgIpc) is 3.23. The van der Waals surface area contributed by atoms with Gasteiger partial charge in [0.1, 0.15) is 11.5 Å². The highest BCUT2D eigenvalue weighted by molar-refractivity contribution is 6.62.